The molecule has 0 aromatic heterocycles. The highest BCUT2D eigenvalue weighted by molar-refractivity contribution is 5.72. The fraction of sp³-hybridized carbons (Fsp3) is 0.977. The van der Waals surface area contributed by atoms with Crippen LogP contribution in [0.25, 0.3) is 0 Å². The van der Waals surface area contributed by atoms with E-state index in [0.717, 1.165) is 19.3 Å². The Kier molecular flexibility index (Phi) is 40.2. The first kappa shape index (κ1) is 45.5. The van der Waals surface area contributed by atoms with Gasteiger partial charge in [-0.3, -0.25) is 4.79 Å². The molecule has 0 rings (SSSR count). The van der Waals surface area contributed by atoms with Gasteiger partial charge in [0.2, 0.25) is 0 Å². The van der Waals surface area contributed by atoms with E-state index in [-0.39, 0.29) is 11.9 Å². The normalized spacial score (nSPS) is 12.2. The van der Waals surface area contributed by atoms with Crippen molar-refractivity contribution in [1.29, 1.82) is 0 Å². The van der Waals surface area contributed by atoms with Crippen molar-refractivity contribution in [1.82, 2.24) is 0 Å². The fourth-order valence-corrected chi connectivity index (χ4v) is 7.08. The van der Waals surface area contributed by atoms with Crippen molar-refractivity contribution in [3.63, 3.8) is 0 Å². The van der Waals surface area contributed by atoms with Crippen molar-refractivity contribution in [2.45, 2.75) is 265 Å². The van der Waals surface area contributed by atoms with Gasteiger partial charge in [0.25, 0.3) is 0 Å². The molecule has 1 atom stereocenters. The van der Waals surface area contributed by atoms with Crippen LogP contribution < -0.4 is 0 Å². The highest BCUT2D eigenvalue weighted by Gasteiger charge is 2.19. The molecule has 0 aliphatic heterocycles. The third-order valence-corrected chi connectivity index (χ3v) is 10.4. The second-order valence-corrected chi connectivity index (χ2v) is 15.1. The Hall–Kier alpha value is -0.530. The zero-order chi connectivity index (χ0) is 33.4. The Bertz CT molecular complexity index is 558. The maximum Gasteiger partial charge on any atom is 0.308 e. The number of esters is 1. The maximum atomic E-state index is 12.8. The van der Waals surface area contributed by atoms with E-state index in [1.54, 1.807) is 0 Å². The minimum absolute atomic E-state index is 0.102. The van der Waals surface area contributed by atoms with E-state index in [4.69, 9.17) is 4.74 Å². The molecule has 0 heterocycles. The van der Waals surface area contributed by atoms with E-state index < -0.39 is 0 Å². The number of carbonyl (C=O) groups is 1. The predicted octanol–water partition coefficient (Wildman–Crippen LogP) is 16.0. The van der Waals surface area contributed by atoms with Gasteiger partial charge in [0.1, 0.15) is 0 Å². The van der Waals surface area contributed by atoms with Crippen molar-refractivity contribution in [2.24, 2.45) is 5.92 Å². The minimum atomic E-state index is 0.102. The number of unbranched alkanes of at least 4 members (excludes halogenated alkanes) is 33. The van der Waals surface area contributed by atoms with Crippen LogP contribution in [0, 0.1) is 5.92 Å². The molecule has 2 heteroatoms. The zero-order valence-electron chi connectivity index (χ0n) is 32.5. The van der Waals surface area contributed by atoms with E-state index in [2.05, 4.69) is 20.8 Å². The van der Waals surface area contributed by atoms with Crippen LogP contribution in [0.3, 0.4) is 0 Å². The summed E-state index contributed by atoms with van der Waals surface area (Å²) in [5, 5.41) is 0. The first-order valence-electron chi connectivity index (χ1n) is 21.9. The van der Waals surface area contributed by atoms with E-state index in [9.17, 15) is 4.79 Å². The third kappa shape index (κ3) is 36.3. The molecule has 0 fully saturated rings. The highest BCUT2D eigenvalue weighted by Crippen LogP contribution is 2.21. The molecule has 46 heavy (non-hydrogen) atoms. The first-order chi connectivity index (χ1) is 22.8. The highest BCUT2D eigenvalue weighted by atomic mass is 16.5. The summed E-state index contributed by atoms with van der Waals surface area (Å²) in [7, 11) is 0. The molecule has 0 aliphatic carbocycles. The molecule has 0 saturated carbocycles. The standard InChI is InChI=1S/C44H88O2/c1-4-7-10-13-15-16-17-18-19-20-21-22-23-24-25-26-27-28-29-30-31-32-33-34-36-39-42-46-44(45)43(40-37-12-9-6-3)41-38-35-14-11-8-5-2/h43H,4-42H2,1-3H3. The summed E-state index contributed by atoms with van der Waals surface area (Å²) in [4.78, 5) is 12.8. The number of rotatable bonds is 40. The van der Waals surface area contributed by atoms with Gasteiger partial charge in [-0.05, 0) is 19.3 Å². The Balaban J connectivity index is 3.45. The molecular weight excluding hydrogens is 560 g/mol. The van der Waals surface area contributed by atoms with Crippen molar-refractivity contribution >= 4 is 5.97 Å². The van der Waals surface area contributed by atoms with Gasteiger partial charge < -0.3 is 4.74 Å². The molecule has 0 aromatic rings. The predicted molar refractivity (Wildman–Crippen MR) is 207 cm³/mol. The molecule has 276 valence electrons. The lowest BCUT2D eigenvalue weighted by Gasteiger charge is -2.16. The van der Waals surface area contributed by atoms with Gasteiger partial charge in [0.05, 0.1) is 12.5 Å². The van der Waals surface area contributed by atoms with Crippen LogP contribution >= 0.6 is 0 Å². The second-order valence-electron chi connectivity index (χ2n) is 15.1. The number of hydrogen-bond acceptors (Lipinski definition) is 2. The number of ether oxygens (including phenoxy) is 1. The topological polar surface area (TPSA) is 26.3 Å². The fourth-order valence-electron chi connectivity index (χ4n) is 7.08. The molecule has 0 amide bonds. The minimum Gasteiger partial charge on any atom is -0.465 e. The van der Waals surface area contributed by atoms with Crippen LogP contribution in [0.15, 0.2) is 0 Å². The Morgan fingerprint density at radius 3 is 0.826 bits per heavy atom. The quantitative estimate of drug-likeness (QED) is 0.0488. The van der Waals surface area contributed by atoms with Crippen LogP contribution in [0.4, 0.5) is 0 Å². The monoisotopic (exact) mass is 649 g/mol. The summed E-state index contributed by atoms with van der Waals surface area (Å²) in [6.45, 7) is 7.47. The molecular formula is C44H88O2. The lowest BCUT2D eigenvalue weighted by molar-refractivity contribution is -0.149. The summed E-state index contributed by atoms with van der Waals surface area (Å²) in [6.07, 6.45) is 51.7. The van der Waals surface area contributed by atoms with Crippen molar-refractivity contribution < 1.29 is 9.53 Å². The lowest BCUT2D eigenvalue weighted by atomic mass is 9.94. The summed E-state index contributed by atoms with van der Waals surface area (Å²) in [5.41, 5.74) is 0. The van der Waals surface area contributed by atoms with Gasteiger partial charge in [0.15, 0.2) is 0 Å². The second kappa shape index (κ2) is 40.6. The molecule has 0 saturated heterocycles. The molecule has 0 radical (unpaired) electrons. The summed E-state index contributed by atoms with van der Waals surface area (Å²) >= 11 is 0. The van der Waals surface area contributed by atoms with Crippen molar-refractivity contribution in [3.8, 4) is 0 Å². The molecule has 0 aromatic carbocycles. The Morgan fingerprint density at radius 2 is 0.543 bits per heavy atom. The molecule has 0 bridgehead atoms. The average molecular weight is 649 g/mol. The number of hydrogen-bond donors (Lipinski definition) is 0. The van der Waals surface area contributed by atoms with Crippen LogP contribution in [0.1, 0.15) is 265 Å². The molecule has 0 spiro atoms. The SMILES string of the molecule is CCCCCCCCCCCCCCCCCCCCCCCCCCCCOC(=O)C(CCCCCC)CCCCCCCC. The summed E-state index contributed by atoms with van der Waals surface area (Å²) < 4.78 is 5.77. The van der Waals surface area contributed by atoms with Crippen LogP contribution in [-0.4, -0.2) is 12.6 Å². The van der Waals surface area contributed by atoms with Gasteiger partial charge in [-0.25, -0.2) is 0 Å². The molecule has 0 N–H and O–H groups in total. The molecule has 0 aliphatic rings. The Labute approximate surface area is 292 Å². The van der Waals surface area contributed by atoms with Gasteiger partial charge >= 0.3 is 5.97 Å². The molecule has 2 nitrogen and oxygen atoms in total. The zero-order valence-corrected chi connectivity index (χ0v) is 32.5. The lowest BCUT2D eigenvalue weighted by Crippen LogP contribution is -2.18. The Morgan fingerprint density at radius 1 is 0.326 bits per heavy atom. The van der Waals surface area contributed by atoms with Crippen molar-refractivity contribution in [3.05, 3.63) is 0 Å². The number of carbonyl (C=O) groups excluding carboxylic acids is 1. The van der Waals surface area contributed by atoms with E-state index in [0.29, 0.717) is 6.61 Å². The smallest absolute Gasteiger partial charge is 0.308 e. The summed E-state index contributed by atoms with van der Waals surface area (Å²) in [6, 6.07) is 0. The summed E-state index contributed by atoms with van der Waals surface area (Å²) in [5.74, 6) is 0.247. The average Bonchev–Trinajstić information content (AvgIpc) is 3.06. The van der Waals surface area contributed by atoms with Crippen molar-refractivity contribution in [2.75, 3.05) is 6.61 Å². The van der Waals surface area contributed by atoms with E-state index >= 15 is 0 Å². The van der Waals surface area contributed by atoms with Crippen LogP contribution in [0.2, 0.25) is 0 Å². The maximum absolute atomic E-state index is 12.8. The van der Waals surface area contributed by atoms with Gasteiger partial charge in [0, 0.05) is 0 Å². The molecule has 1 unspecified atom stereocenters. The largest absolute Gasteiger partial charge is 0.465 e. The van der Waals surface area contributed by atoms with E-state index in [1.165, 1.54) is 225 Å². The van der Waals surface area contributed by atoms with Crippen LogP contribution in [0.5, 0.6) is 0 Å². The van der Waals surface area contributed by atoms with E-state index in [1.807, 2.05) is 0 Å². The van der Waals surface area contributed by atoms with Gasteiger partial charge in [-0.15, -0.1) is 0 Å². The van der Waals surface area contributed by atoms with Crippen LogP contribution in [-0.2, 0) is 9.53 Å². The van der Waals surface area contributed by atoms with Gasteiger partial charge in [-0.2, -0.15) is 0 Å². The van der Waals surface area contributed by atoms with Gasteiger partial charge in [-0.1, -0.05) is 245 Å². The third-order valence-electron chi connectivity index (χ3n) is 10.4. The first-order valence-corrected chi connectivity index (χ1v) is 21.9.